The van der Waals surface area contributed by atoms with E-state index in [1.807, 2.05) is 0 Å². The van der Waals surface area contributed by atoms with Gasteiger partial charge in [-0.3, -0.25) is 0 Å². The van der Waals surface area contributed by atoms with Crippen LogP contribution in [-0.2, 0) is 0 Å². The maximum atomic E-state index is 5.53. The van der Waals surface area contributed by atoms with E-state index >= 15 is 0 Å². The molecule has 19 heavy (non-hydrogen) atoms. The number of nitrogens with zero attached hydrogens (tertiary/aromatic N) is 3. The summed E-state index contributed by atoms with van der Waals surface area (Å²) in [6.45, 7) is 7.28. The third-order valence-corrected chi connectivity index (χ3v) is 3.51. The van der Waals surface area contributed by atoms with Crippen molar-refractivity contribution >= 4 is 5.95 Å². The SMILES string of the molecule is CCCOc1ccnc(NC2CCN(C)CC2C)n1. The van der Waals surface area contributed by atoms with Crippen LogP contribution in [0.15, 0.2) is 12.3 Å². The number of ether oxygens (including phenoxy) is 1. The van der Waals surface area contributed by atoms with E-state index in [9.17, 15) is 0 Å². The Morgan fingerprint density at radius 3 is 3.11 bits per heavy atom. The van der Waals surface area contributed by atoms with Crippen LogP contribution >= 0.6 is 0 Å². The third kappa shape index (κ3) is 4.06. The van der Waals surface area contributed by atoms with Gasteiger partial charge in [-0.25, -0.2) is 4.98 Å². The van der Waals surface area contributed by atoms with Gasteiger partial charge in [0.1, 0.15) is 0 Å². The summed E-state index contributed by atoms with van der Waals surface area (Å²) in [6, 6.07) is 2.25. The summed E-state index contributed by atoms with van der Waals surface area (Å²) in [4.78, 5) is 11.0. The average Bonchev–Trinajstić information content (AvgIpc) is 2.40. The van der Waals surface area contributed by atoms with Crippen molar-refractivity contribution in [1.29, 1.82) is 0 Å². The molecule has 1 aromatic rings. The molecule has 1 aliphatic heterocycles. The highest BCUT2D eigenvalue weighted by Crippen LogP contribution is 2.19. The molecule has 0 bridgehead atoms. The van der Waals surface area contributed by atoms with Gasteiger partial charge in [-0.1, -0.05) is 13.8 Å². The first-order chi connectivity index (χ1) is 9.19. The van der Waals surface area contributed by atoms with E-state index in [1.165, 1.54) is 0 Å². The molecule has 5 heteroatoms. The molecule has 1 saturated heterocycles. The van der Waals surface area contributed by atoms with E-state index in [0.29, 0.717) is 30.4 Å². The summed E-state index contributed by atoms with van der Waals surface area (Å²) in [6.07, 6.45) is 3.86. The minimum atomic E-state index is 0.442. The normalized spacial score (nSPS) is 24.2. The van der Waals surface area contributed by atoms with Crippen LogP contribution in [0, 0.1) is 5.92 Å². The van der Waals surface area contributed by atoms with E-state index in [1.54, 1.807) is 12.3 Å². The van der Waals surface area contributed by atoms with Gasteiger partial charge in [-0.2, -0.15) is 4.98 Å². The molecule has 2 atom stereocenters. The zero-order valence-corrected chi connectivity index (χ0v) is 12.1. The van der Waals surface area contributed by atoms with E-state index < -0.39 is 0 Å². The number of piperidine rings is 1. The fraction of sp³-hybridized carbons (Fsp3) is 0.714. The summed E-state index contributed by atoms with van der Waals surface area (Å²) >= 11 is 0. The Morgan fingerprint density at radius 1 is 1.53 bits per heavy atom. The number of hydrogen-bond donors (Lipinski definition) is 1. The summed E-state index contributed by atoms with van der Waals surface area (Å²) in [5.74, 6) is 1.93. The monoisotopic (exact) mass is 264 g/mol. The second-order valence-corrected chi connectivity index (χ2v) is 5.35. The van der Waals surface area contributed by atoms with Crippen molar-refractivity contribution in [2.75, 3.05) is 32.1 Å². The Hall–Kier alpha value is -1.36. The van der Waals surface area contributed by atoms with Gasteiger partial charge in [0.15, 0.2) is 0 Å². The van der Waals surface area contributed by atoms with Gasteiger partial charge in [0.25, 0.3) is 0 Å². The summed E-state index contributed by atoms with van der Waals surface area (Å²) in [5, 5.41) is 3.44. The van der Waals surface area contributed by atoms with Gasteiger partial charge in [-0.15, -0.1) is 0 Å². The molecule has 2 unspecified atom stereocenters. The molecule has 0 amide bonds. The van der Waals surface area contributed by atoms with Crippen LogP contribution in [0.3, 0.4) is 0 Å². The van der Waals surface area contributed by atoms with Gasteiger partial charge >= 0.3 is 0 Å². The van der Waals surface area contributed by atoms with Crippen LogP contribution < -0.4 is 10.1 Å². The highest BCUT2D eigenvalue weighted by molar-refractivity contribution is 5.29. The summed E-state index contributed by atoms with van der Waals surface area (Å²) in [7, 11) is 2.17. The molecule has 0 aliphatic carbocycles. The second-order valence-electron chi connectivity index (χ2n) is 5.35. The summed E-state index contributed by atoms with van der Waals surface area (Å²) < 4.78 is 5.53. The third-order valence-electron chi connectivity index (χ3n) is 3.51. The molecular weight excluding hydrogens is 240 g/mol. The molecule has 1 fully saturated rings. The topological polar surface area (TPSA) is 50.3 Å². The zero-order valence-electron chi connectivity index (χ0n) is 12.1. The number of rotatable bonds is 5. The van der Waals surface area contributed by atoms with E-state index in [4.69, 9.17) is 4.74 Å². The van der Waals surface area contributed by atoms with Crippen LogP contribution in [-0.4, -0.2) is 47.7 Å². The van der Waals surface area contributed by atoms with Crippen molar-refractivity contribution in [1.82, 2.24) is 14.9 Å². The quantitative estimate of drug-likeness (QED) is 0.881. The standard InChI is InChI=1S/C14H24N4O/c1-4-9-19-13-5-7-15-14(17-13)16-12-6-8-18(3)10-11(12)2/h5,7,11-12H,4,6,8-10H2,1-3H3,(H,15,16,17). The lowest BCUT2D eigenvalue weighted by molar-refractivity contribution is 0.205. The number of anilines is 1. The van der Waals surface area contributed by atoms with Crippen molar-refractivity contribution < 1.29 is 4.74 Å². The Balaban J connectivity index is 1.94. The van der Waals surface area contributed by atoms with Crippen molar-refractivity contribution in [3.05, 3.63) is 12.3 Å². The van der Waals surface area contributed by atoms with E-state index in [0.717, 1.165) is 25.9 Å². The molecule has 5 nitrogen and oxygen atoms in total. The number of aromatic nitrogens is 2. The predicted octanol–water partition coefficient (Wildman–Crippen LogP) is 2.02. The lowest BCUT2D eigenvalue weighted by Gasteiger charge is -2.35. The van der Waals surface area contributed by atoms with Crippen molar-refractivity contribution in [3.8, 4) is 5.88 Å². The molecule has 0 saturated carbocycles. The fourth-order valence-corrected chi connectivity index (χ4v) is 2.43. The lowest BCUT2D eigenvalue weighted by Crippen LogP contribution is -2.43. The van der Waals surface area contributed by atoms with Gasteiger partial charge in [0.05, 0.1) is 6.61 Å². The molecular formula is C14H24N4O. The highest BCUT2D eigenvalue weighted by Gasteiger charge is 2.24. The van der Waals surface area contributed by atoms with Gasteiger partial charge < -0.3 is 15.0 Å². The number of likely N-dealkylation sites (tertiary alicyclic amines) is 1. The second kappa shape index (κ2) is 6.70. The number of nitrogens with one attached hydrogen (secondary N) is 1. The van der Waals surface area contributed by atoms with Gasteiger partial charge in [-0.05, 0) is 32.4 Å². The maximum Gasteiger partial charge on any atom is 0.226 e. The molecule has 1 aromatic heterocycles. The first-order valence-electron chi connectivity index (χ1n) is 7.10. The lowest BCUT2D eigenvalue weighted by atomic mass is 9.94. The Morgan fingerprint density at radius 2 is 2.37 bits per heavy atom. The molecule has 1 N–H and O–H groups in total. The Labute approximate surface area is 115 Å². The Kier molecular flexibility index (Phi) is 4.96. The maximum absolute atomic E-state index is 5.53. The average molecular weight is 264 g/mol. The first-order valence-corrected chi connectivity index (χ1v) is 7.10. The van der Waals surface area contributed by atoms with Gasteiger partial charge in [0.2, 0.25) is 11.8 Å². The minimum Gasteiger partial charge on any atom is -0.478 e. The highest BCUT2D eigenvalue weighted by atomic mass is 16.5. The first kappa shape index (κ1) is 14.1. The van der Waals surface area contributed by atoms with E-state index in [-0.39, 0.29) is 0 Å². The summed E-state index contributed by atoms with van der Waals surface area (Å²) in [5.41, 5.74) is 0. The molecule has 0 aromatic carbocycles. The Bertz CT molecular complexity index is 399. The van der Waals surface area contributed by atoms with E-state index in [2.05, 4.69) is 41.1 Å². The van der Waals surface area contributed by atoms with Crippen molar-refractivity contribution in [3.63, 3.8) is 0 Å². The largest absolute Gasteiger partial charge is 0.478 e. The van der Waals surface area contributed by atoms with Crippen LogP contribution in [0.4, 0.5) is 5.95 Å². The zero-order chi connectivity index (χ0) is 13.7. The molecule has 1 aliphatic rings. The molecule has 2 heterocycles. The molecule has 0 radical (unpaired) electrons. The predicted molar refractivity (Wildman–Crippen MR) is 76.5 cm³/mol. The van der Waals surface area contributed by atoms with Crippen LogP contribution in [0.5, 0.6) is 5.88 Å². The number of hydrogen-bond acceptors (Lipinski definition) is 5. The minimum absolute atomic E-state index is 0.442. The molecule has 0 spiro atoms. The van der Waals surface area contributed by atoms with Crippen molar-refractivity contribution in [2.24, 2.45) is 5.92 Å². The molecule has 106 valence electrons. The fourth-order valence-electron chi connectivity index (χ4n) is 2.43. The van der Waals surface area contributed by atoms with Crippen LogP contribution in [0.25, 0.3) is 0 Å². The van der Waals surface area contributed by atoms with Crippen LogP contribution in [0.1, 0.15) is 26.7 Å². The molecule has 2 rings (SSSR count). The van der Waals surface area contributed by atoms with Gasteiger partial charge in [0, 0.05) is 24.8 Å². The smallest absolute Gasteiger partial charge is 0.226 e. The van der Waals surface area contributed by atoms with Crippen LogP contribution in [0.2, 0.25) is 0 Å². The van der Waals surface area contributed by atoms with Crippen molar-refractivity contribution in [2.45, 2.75) is 32.7 Å².